The molecule has 0 saturated heterocycles. The highest BCUT2D eigenvalue weighted by atomic mass is 32.2. The van der Waals surface area contributed by atoms with Gasteiger partial charge in [-0.3, -0.25) is 15.1 Å². The molecule has 0 bridgehead atoms. The van der Waals surface area contributed by atoms with Gasteiger partial charge in [0.2, 0.25) is 0 Å². The third-order valence-corrected chi connectivity index (χ3v) is 5.98. The number of rotatable bonds is 10. The molecule has 0 N–H and O–H groups in total. The summed E-state index contributed by atoms with van der Waals surface area (Å²) in [4.78, 5) is 14.7. The maximum Gasteiger partial charge on any atom is 0.339 e. The van der Waals surface area contributed by atoms with Crippen molar-refractivity contribution in [2.24, 2.45) is 4.99 Å². The van der Waals surface area contributed by atoms with E-state index in [1.165, 1.54) is 36.4 Å². The third kappa shape index (κ3) is 6.08. The Morgan fingerprint density at radius 3 is 2.35 bits per heavy atom. The van der Waals surface area contributed by atoms with Crippen molar-refractivity contribution >= 4 is 27.7 Å². The first-order valence-corrected chi connectivity index (χ1v) is 11.8. The van der Waals surface area contributed by atoms with Gasteiger partial charge >= 0.3 is 10.1 Å². The highest BCUT2D eigenvalue weighted by Crippen LogP contribution is 2.36. The predicted octanol–water partition coefficient (Wildman–Crippen LogP) is 5.55. The normalized spacial score (nSPS) is 11.4. The van der Waals surface area contributed by atoms with E-state index in [-0.39, 0.29) is 28.7 Å². The fourth-order valence-electron chi connectivity index (χ4n) is 3.09. The first-order chi connectivity index (χ1) is 16.2. The standard InChI is InChI=1S/C25H24N2O6S/c1-4-6-20-15-19(17-26-21-9-11-22(12-10-21)27(28)29)16-24(32-5-2)25(20)33-34(30,31)23-13-7-18(3)8-14-23/h4,7-17H,1,5-6H2,2-3H3. The first-order valence-electron chi connectivity index (χ1n) is 10.4. The summed E-state index contributed by atoms with van der Waals surface area (Å²) < 4.78 is 37.1. The number of allylic oxidation sites excluding steroid dienone is 1. The number of benzene rings is 3. The van der Waals surface area contributed by atoms with Gasteiger partial charge in [-0.15, -0.1) is 6.58 Å². The average molecular weight is 481 g/mol. The third-order valence-electron chi connectivity index (χ3n) is 4.74. The second-order valence-electron chi connectivity index (χ2n) is 7.32. The van der Waals surface area contributed by atoms with Crippen molar-refractivity contribution in [2.75, 3.05) is 6.61 Å². The van der Waals surface area contributed by atoms with Crippen LogP contribution < -0.4 is 8.92 Å². The summed E-state index contributed by atoms with van der Waals surface area (Å²) in [6.07, 6.45) is 3.53. The molecule has 176 valence electrons. The van der Waals surface area contributed by atoms with E-state index >= 15 is 0 Å². The fourth-order valence-corrected chi connectivity index (χ4v) is 4.07. The van der Waals surface area contributed by atoms with Gasteiger partial charge in [-0.05, 0) is 62.2 Å². The topological polar surface area (TPSA) is 108 Å². The Balaban J connectivity index is 1.99. The van der Waals surface area contributed by atoms with E-state index in [4.69, 9.17) is 8.92 Å². The molecule has 0 aromatic heterocycles. The minimum absolute atomic E-state index is 0.0258. The zero-order valence-corrected chi connectivity index (χ0v) is 19.6. The van der Waals surface area contributed by atoms with Gasteiger partial charge in [0.25, 0.3) is 5.69 Å². The van der Waals surface area contributed by atoms with Crippen molar-refractivity contribution in [3.63, 3.8) is 0 Å². The number of nitrogens with zero attached hydrogens (tertiary/aromatic N) is 2. The summed E-state index contributed by atoms with van der Waals surface area (Å²) in [5, 5.41) is 10.8. The van der Waals surface area contributed by atoms with Crippen molar-refractivity contribution < 1.29 is 22.3 Å². The van der Waals surface area contributed by atoms with Crippen LogP contribution in [0.5, 0.6) is 11.5 Å². The Morgan fingerprint density at radius 1 is 1.09 bits per heavy atom. The number of hydrogen-bond donors (Lipinski definition) is 0. The summed E-state index contributed by atoms with van der Waals surface area (Å²) in [6.45, 7) is 7.68. The number of hydrogen-bond acceptors (Lipinski definition) is 7. The maximum absolute atomic E-state index is 12.9. The second kappa shape index (κ2) is 10.8. The van der Waals surface area contributed by atoms with Gasteiger partial charge < -0.3 is 8.92 Å². The Hall–Kier alpha value is -3.98. The van der Waals surface area contributed by atoms with Crippen LogP contribution in [0, 0.1) is 17.0 Å². The molecular formula is C25H24N2O6S. The zero-order chi connectivity index (χ0) is 24.7. The van der Waals surface area contributed by atoms with Crippen LogP contribution in [0.2, 0.25) is 0 Å². The summed E-state index contributed by atoms with van der Waals surface area (Å²) in [7, 11) is -4.09. The highest BCUT2D eigenvalue weighted by molar-refractivity contribution is 7.87. The number of nitro benzene ring substituents is 1. The molecule has 0 spiro atoms. The number of ether oxygens (including phenoxy) is 1. The van der Waals surface area contributed by atoms with Crippen LogP contribution in [0.15, 0.2) is 83.2 Å². The number of aliphatic imine (C=N–C) groups is 1. The molecule has 34 heavy (non-hydrogen) atoms. The van der Waals surface area contributed by atoms with Gasteiger partial charge in [-0.1, -0.05) is 23.8 Å². The van der Waals surface area contributed by atoms with E-state index < -0.39 is 15.0 Å². The van der Waals surface area contributed by atoms with Crippen molar-refractivity contribution in [3.8, 4) is 11.5 Å². The molecule has 0 radical (unpaired) electrons. The minimum atomic E-state index is -4.09. The first kappa shape index (κ1) is 24.7. The van der Waals surface area contributed by atoms with E-state index in [0.717, 1.165) is 5.56 Å². The summed E-state index contributed by atoms with van der Waals surface area (Å²) >= 11 is 0. The van der Waals surface area contributed by atoms with Gasteiger partial charge in [0.15, 0.2) is 11.5 Å². The fraction of sp³-hybridized carbons (Fsp3) is 0.160. The van der Waals surface area contributed by atoms with Crippen LogP contribution >= 0.6 is 0 Å². The second-order valence-corrected chi connectivity index (χ2v) is 8.86. The molecule has 3 aromatic carbocycles. The van der Waals surface area contributed by atoms with Crippen molar-refractivity contribution in [1.29, 1.82) is 0 Å². The number of aryl methyl sites for hydroxylation is 1. The van der Waals surface area contributed by atoms with Crippen LogP contribution in [-0.2, 0) is 16.5 Å². The lowest BCUT2D eigenvalue weighted by Crippen LogP contribution is -2.12. The summed E-state index contributed by atoms with van der Waals surface area (Å²) in [6, 6.07) is 15.5. The molecular weight excluding hydrogens is 456 g/mol. The van der Waals surface area contributed by atoms with Crippen LogP contribution in [0.3, 0.4) is 0 Å². The number of non-ortho nitro benzene ring substituents is 1. The molecule has 3 rings (SSSR count). The zero-order valence-electron chi connectivity index (χ0n) is 18.8. The molecule has 0 unspecified atom stereocenters. The molecule has 0 atom stereocenters. The van der Waals surface area contributed by atoms with Crippen molar-refractivity contribution in [2.45, 2.75) is 25.2 Å². The minimum Gasteiger partial charge on any atom is -0.490 e. The molecule has 8 nitrogen and oxygen atoms in total. The quantitative estimate of drug-likeness (QED) is 0.124. The Labute approximate surface area is 198 Å². The van der Waals surface area contributed by atoms with Gasteiger partial charge in [-0.2, -0.15) is 8.42 Å². The van der Waals surface area contributed by atoms with E-state index in [9.17, 15) is 18.5 Å². The lowest BCUT2D eigenvalue weighted by Gasteiger charge is -2.16. The van der Waals surface area contributed by atoms with Gasteiger partial charge in [0.05, 0.1) is 17.2 Å². The summed E-state index contributed by atoms with van der Waals surface area (Å²) in [5.74, 6) is 0.345. The maximum atomic E-state index is 12.9. The molecule has 0 aliphatic carbocycles. The van der Waals surface area contributed by atoms with E-state index in [2.05, 4.69) is 11.6 Å². The smallest absolute Gasteiger partial charge is 0.339 e. The number of nitro groups is 1. The van der Waals surface area contributed by atoms with Crippen LogP contribution in [0.4, 0.5) is 11.4 Å². The monoisotopic (exact) mass is 480 g/mol. The molecule has 0 heterocycles. The van der Waals surface area contributed by atoms with Gasteiger partial charge in [0.1, 0.15) is 4.90 Å². The van der Waals surface area contributed by atoms with Crippen LogP contribution in [0.1, 0.15) is 23.6 Å². The van der Waals surface area contributed by atoms with Crippen molar-refractivity contribution in [1.82, 2.24) is 0 Å². The van der Waals surface area contributed by atoms with E-state index in [1.807, 2.05) is 6.92 Å². The molecule has 9 heteroatoms. The van der Waals surface area contributed by atoms with E-state index in [0.29, 0.717) is 23.2 Å². The molecule has 3 aromatic rings. The molecule has 0 amide bonds. The predicted molar refractivity (Wildman–Crippen MR) is 131 cm³/mol. The van der Waals surface area contributed by atoms with Crippen LogP contribution in [-0.4, -0.2) is 26.2 Å². The Morgan fingerprint density at radius 2 is 1.76 bits per heavy atom. The average Bonchev–Trinajstić information content (AvgIpc) is 2.80. The largest absolute Gasteiger partial charge is 0.490 e. The lowest BCUT2D eigenvalue weighted by molar-refractivity contribution is -0.384. The highest BCUT2D eigenvalue weighted by Gasteiger charge is 2.22. The van der Waals surface area contributed by atoms with E-state index in [1.54, 1.807) is 43.5 Å². The SMILES string of the molecule is C=CCc1cc(C=Nc2ccc([N+](=O)[O-])cc2)cc(OCC)c1OS(=O)(=O)c1ccc(C)cc1. The lowest BCUT2D eigenvalue weighted by atomic mass is 10.1. The molecule has 0 saturated carbocycles. The van der Waals surface area contributed by atoms with Crippen LogP contribution in [0.25, 0.3) is 0 Å². The molecule has 0 aliphatic rings. The molecule has 0 fully saturated rings. The summed E-state index contributed by atoms with van der Waals surface area (Å²) in [5.41, 5.74) is 2.62. The Bertz CT molecular complexity index is 1310. The van der Waals surface area contributed by atoms with Crippen molar-refractivity contribution in [3.05, 3.63) is 100 Å². The molecule has 0 aliphatic heterocycles. The van der Waals surface area contributed by atoms with Gasteiger partial charge in [-0.25, -0.2) is 0 Å². The Kier molecular flexibility index (Phi) is 7.80. The van der Waals surface area contributed by atoms with Gasteiger partial charge in [0, 0.05) is 23.9 Å².